The third-order valence-electron chi connectivity index (χ3n) is 2.51. The van der Waals surface area contributed by atoms with Crippen LogP contribution in [-0.2, 0) is 11.2 Å². The summed E-state index contributed by atoms with van der Waals surface area (Å²) in [4.78, 5) is 10.5. The van der Waals surface area contributed by atoms with Crippen molar-refractivity contribution >= 4 is 5.97 Å². The van der Waals surface area contributed by atoms with Gasteiger partial charge in [0.25, 0.3) is 0 Å². The molecule has 0 aromatic heterocycles. The molecule has 1 aromatic carbocycles. The van der Waals surface area contributed by atoms with Gasteiger partial charge in [0.05, 0.1) is 13.0 Å². The lowest BCUT2D eigenvalue weighted by atomic mass is 9.94. The maximum Gasteiger partial charge on any atom is 0.303 e. The van der Waals surface area contributed by atoms with Gasteiger partial charge < -0.3 is 14.9 Å². The highest BCUT2D eigenvalue weighted by Crippen LogP contribution is 2.35. The zero-order valence-corrected chi connectivity index (χ0v) is 8.14. The maximum absolute atomic E-state index is 10.5. The molecule has 1 aliphatic rings. The lowest BCUT2D eigenvalue weighted by Crippen LogP contribution is -2.23. The molecule has 2 rings (SSSR count). The van der Waals surface area contributed by atoms with Gasteiger partial charge in [0.2, 0.25) is 0 Å². The fourth-order valence-corrected chi connectivity index (χ4v) is 1.85. The van der Waals surface area contributed by atoms with Crippen LogP contribution in [0.1, 0.15) is 12.0 Å². The van der Waals surface area contributed by atoms with Gasteiger partial charge in [-0.15, -0.1) is 0 Å². The molecule has 80 valence electrons. The van der Waals surface area contributed by atoms with Gasteiger partial charge in [0.15, 0.2) is 11.5 Å². The van der Waals surface area contributed by atoms with Crippen molar-refractivity contribution in [2.24, 2.45) is 5.92 Å². The van der Waals surface area contributed by atoms with E-state index in [1.165, 1.54) is 0 Å². The van der Waals surface area contributed by atoms with E-state index in [2.05, 4.69) is 0 Å². The zero-order valence-electron chi connectivity index (χ0n) is 8.14. The molecule has 0 amide bonds. The van der Waals surface area contributed by atoms with Gasteiger partial charge in [-0.05, 0) is 18.1 Å². The first-order valence-corrected chi connectivity index (χ1v) is 4.82. The number of carboxylic acid groups (broad SMARTS) is 1. The minimum absolute atomic E-state index is 0.00296. The number of carboxylic acids is 1. The number of carbonyl (C=O) groups is 1. The zero-order chi connectivity index (χ0) is 10.8. The molecule has 1 aliphatic heterocycles. The summed E-state index contributed by atoms with van der Waals surface area (Å²) in [5.74, 6) is -0.190. The van der Waals surface area contributed by atoms with Gasteiger partial charge >= 0.3 is 5.97 Å². The third kappa shape index (κ3) is 2.03. The molecule has 0 bridgehead atoms. The van der Waals surface area contributed by atoms with Crippen LogP contribution in [0.2, 0.25) is 0 Å². The Morgan fingerprint density at radius 2 is 2.33 bits per heavy atom. The third-order valence-corrected chi connectivity index (χ3v) is 2.51. The monoisotopic (exact) mass is 208 g/mol. The molecule has 4 heteroatoms. The van der Waals surface area contributed by atoms with Crippen LogP contribution in [0.25, 0.3) is 0 Å². The average molecular weight is 208 g/mol. The number of ether oxygens (including phenoxy) is 1. The molecule has 0 saturated heterocycles. The van der Waals surface area contributed by atoms with Crippen molar-refractivity contribution in [3.05, 3.63) is 23.8 Å². The van der Waals surface area contributed by atoms with E-state index < -0.39 is 5.97 Å². The highest BCUT2D eigenvalue weighted by molar-refractivity contribution is 5.67. The van der Waals surface area contributed by atoms with Gasteiger partial charge in [-0.3, -0.25) is 4.79 Å². The first kappa shape index (κ1) is 9.83. The fourth-order valence-electron chi connectivity index (χ4n) is 1.85. The lowest BCUT2D eigenvalue weighted by Gasteiger charge is -2.24. The van der Waals surface area contributed by atoms with E-state index in [0.717, 1.165) is 5.56 Å². The number of rotatable bonds is 2. The topological polar surface area (TPSA) is 66.8 Å². The van der Waals surface area contributed by atoms with Crippen molar-refractivity contribution in [3.63, 3.8) is 0 Å². The predicted molar refractivity (Wildman–Crippen MR) is 53.0 cm³/mol. The van der Waals surface area contributed by atoms with Gasteiger partial charge in [0.1, 0.15) is 0 Å². The number of aromatic hydroxyl groups is 1. The van der Waals surface area contributed by atoms with E-state index >= 15 is 0 Å². The summed E-state index contributed by atoms with van der Waals surface area (Å²) >= 11 is 0. The summed E-state index contributed by atoms with van der Waals surface area (Å²) in [6, 6.07) is 5.15. The van der Waals surface area contributed by atoms with Crippen LogP contribution < -0.4 is 4.74 Å². The van der Waals surface area contributed by atoms with E-state index in [9.17, 15) is 9.90 Å². The first-order chi connectivity index (χ1) is 7.16. The van der Waals surface area contributed by atoms with Crippen LogP contribution >= 0.6 is 0 Å². The van der Waals surface area contributed by atoms with E-state index in [0.29, 0.717) is 18.8 Å². The number of phenols is 1. The number of para-hydroxylation sites is 1. The van der Waals surface area contributed by atoms with E-state index in [4.69, 9.17) is 9.84 Å². The summed E-state index contributed by atoms with van der Waals surface area (Å²) in [6.45, 7) is 0.358. The average Bonchev–Trinajstić information content (AvgIpc) is 2.17. The normalized spacial score (nSPS) is 19.1. The predicted octanol–water partition coefficient (Wildman–Crippen LogP) is 1.42. The maximum atomic E-state index is 10.5. The van der Waals surface area contributed by atoms with Crippen molar-refractivity contribution in [2.75, 3.05) is 6.61 Å². The molecule has 0 radical (unpaired) electrons. The van der Waals surface area contributed by atoms with E-state index in [-0.39, 0.29) is 18.1 Å². The van der Waals surface area contributed by atoms with Crippen LogP contribution in [0.5, 0.6) is 11.5 Å². The molecule has 0 spiro atoms. The summed E-state index contributed by atoms with van der Waals surface area (Å²) in [5.41, 5.74) is 0.882. The molecule has 0 fully saturated rings. The molecule has 0 saturated carbocycles. The Hall–Kier alpha value is -1.71. The van der Waals surface area contributed by atoms with Crippen LogP contribution in [0.15, 0.2) is 18.2 Å². The second-order valence-corrected chi connectivity index (χ2v) is 3.74. The smallest absolute Gasteiger partial charge is 0.303 e. The fraction of sp³-hybridized carbons (Fsp3) is 0.364. The second kappa shape index (κ2) is 3.81. The highest BCUT2D eigenvalue weighted by atomic mass is 16.5. The molecule has 2 N–H and O–H groups in total. The van der Waals surface area contributed by atoms with Crippen molar-refractivity contribution < 1.29 is 19.7 Å². The summed E-state index contributed by atoms with van der Waals surface area (Å²) < 4.78 is 5.35. The molecule has 0 aliphatic carbocycles. The largest absolute Gasteiger partial charge is 0.504 e. The molecule has 1 atom stereocenters. The molecular formula is C11H12O4. The molecule has 1 aromatic rings. The summed E-state index contributed by atoms with van der Waals surface area (Å²) in [5, 5.41) is 18.1. The molecule has 4 nitrogen and oxygen atoms in total. The minimum atomic E-state index is -0.813. The van der Waals surface area contributed by atoms with Gasteiger partial charge in [-0.1, -0.05) is 12.1 Å². The van der Waals surface area contributed by atoms with E-state index in [1.54, 1.807) is 12.1 Å². The van der Waals surface area contributed by atoms with Crippen LogP contribution in [-0.4, -0.2) is 22.8 Å². The number of aliphatic carboxylic acids is 1. The Morgan fingerprint density at radius 1 is 1.53 bits per heavy atom. The first-order valence-electron chi connectivity index (χ1n) is 4.82. The van der Waals surface area contributed by atoms with Gasteiger partial charge in [-0.2, -0.15) is 0 Å². The van der Waals surface area contributed by atoms with Crippen molar-refractivity contribution in [2.45, 2.75) is 12.8 Å². The summed E-state index contributed by atoms with van der Waals surface area (Å²) in [6.07, 6.45) is 0.755. The number of hydrogen-bond donors (Lipinski definition) is 2. The van der Waals surface area contributed by atoms with Crippen LogP contribution in [0.4, 0.5) is 0 Å². The molecular weight excluding hydrogens is 196 g/mol. The SMILES string of the molecule is O=C(O)CC1COc2c(O)cccc2C1. The number of hydrogen-bond acceptors (Lipinski definition) is 3. The van der Waals surface area contributed by atoms with Crippen molar-refractivity contribution in [1.29, 1.82) is 0 Å². The van der Waals surface area contributed by atoms with Crippen molar-refractivity contribution in [1.82, 2.24) is 0 Å². The number of phenolic OH excluding ortho intramolecular Hbond substituents is 1. The van der Waals surface area contributed by atoms with Crippen LogP contribution in [0.3, 0.4) is 0 Å². The molecule has 15 heavy (non-hydrogen) atoms. The standard InChI is InChI=1S/C11H12O4/c12-9-3-1-2-8-4-7(5-10(13)14)6-15-11(8)9/h1-3,7,12H,4-6H2,(H,13,14). The van der Waals surface area contributed by atoms with Crippen molar-refractivity contribution in [3.8, 4) is 11.5 Å². The Morgan fingerprint density at radius 3 is 3.07 bits per heavy atom. The summed E-state index contributed by atoms with van der Waals surface area (Å²) in [7, 11) is 0. The lowest BCUT2D eigenvalue weighted by molar-refractivity contribution is -0.138. The second-order valence-electron chi connectivity index (χ2n) is 3.74. The number of benzene rings is 1. The highest BCUT2D eigenvalue weighted by Gasteiger charge is 2.23. The Kier molecular flexibility index (Phi) is 2.49. The Labute approximate surface area is 87.1 Å². The molecule has 1 heterocycles. The van der Waals surface area contributed by atoms with E-state index in [1.807, 2.05) is 6.07 Å². The number of fused-ring (bicyclic) bond motifs is 1. The van der Waals surface area contributed by atoms with Crippen LogP contribution in [0, 0.1) is 5.92 Å². The Balaban J connectivity index is 2.17. The van der Waals surface area contributed by atoms with Gasteiger partial charge in [-0.25, -0.2) is 0 Å². The Bertz CT molecular complexity index is 386. The minimum Gasteiger partial charge on any atom is -0.504 e. The quantitative estimate of drug-likeness (QED) is 0.771. The molecule has 1 unspecified atom stereocenters. The van der Waals surface area contributed by atoms with Gasteiger partial charge in [0, 0.05) is 5.92 Å².